The first kappa shape index (κ1) is 15.5. The van der Waals surface area contributed by atoms with Gasteiger partial charge in [-0.25, -0.2) is 0 Å². The Bertz CT molecular complexity index is 828. The van der Waals surface area contributed by atoms with E-state index in [1.807, 2.05) is 61.5 Å². The predicted molar refractivity (Wildman–Crippen MR) is 97.6 cm³/mol. The van der Waals surface area contributed by atoms with Crippen LogP contribution in [0, 0.1) is 0 Å². The second-order valence-electron chi connectivity index (χ2n) is 5.24. The Hall–Kier alpha value is -2.40. The number of hydrogen-bond acceptors (Lipinski definition) is 3. The van der Waals surface area contributed by atoms with Crippen LogP contribution >= 0.6 is 15.9 Å². The average molecular weight is 370 g/mol. The summed E-state index contributed by atoms with van der Waals surface area (Å²) in [5, 5.41) is 7.08. The Morgan fingerprint density at radius 2 is 1.87 bits per heavy atom. The molecule has 3 aromatic rings. The smallest absolute Gasteiger partial charge is 0.246 e. The van der Waals surface area contributed by atoms with Gasteiger partial charge in [0.15, 0.2) is 0 Å². The molecule has 0 fully saturated rings. The van der Waals surface area contributed by atoms with Crippen molar-refractivity contribution in [1.82, 2.24) is 4.98 Å². The fraction of sp³-hybridized carbons (Fsp3) is 0.111. The Morgan fingerprint density at radius 1 is 1.09 bits per heavy atom. The molecule has 116 valence electrons. The number of nitrogens with zero attached hydrogens (tertiary/aromatic N) is 1. The third-order valence-electron chi connectivity index (χ3n) is 3.52. The summed E-state index contributed by atoms with van der Waals surface area (Å²) in [5.74, 6) is -0.0933. The number of rotatable bonds is 4. The van der Waals surface area contributed by atoms with E-state index in [0.717, 1.165) is 26.8 Å². The van der Waals surface area contributed by atoms with Gasteiger partial charge in [-0.2, -0.15) is 0 Å². The molecule has 0 saturated carbocycles. The van der Waals surface area contributed by atoms with Crippen molar-refractivity contribution in [2.75, 3.05) is 10.6 Å². The summed E-state index contributed by atoms with van der Waals surface area (Å²) in [5.41, 5.74) is 2.53. The van der Waals surface area contributed by atoms with Gasteiger partial charge in [-0.05, 0) is 55.5 Å². The highest BCUT2D eigenvalue weighted by atomic mass is 79.9. The molecular weight excluding hydrogens is 354 g/mol. The molecule has 0 saturated heterocycles. The minimum absolute atomic E-state index is 0.0933. The van der Waals surface area contributed by atoms with Gasteiger partial charge in [0.25, 0.3) is 0 Å². The molecule has 1 amide bonds. The Balaban J connectivity index is 1.74. The van der Waals surface area contributed by atoms with E-state index in [9.17, 15) is 4.79 Å². The van der Waals surface area contributed by atoms with Crippen molar-refractivity contribution >= 4 is 44.1 Å². The van der Waals surface area contributed by atoms with Crippen molar-refractivity contribution in [3.63, 3.8) is 0 Å². The van der Waals surface area contributed by atoms with Gasteiger partial charge in [-0.3, -0.25) is 9.78 Å². The van der Waals surface area contributed by atoms with Crippen LogP contribution in [0.2, 0.25) is 0 Å². The SMILES string of the molecule is C[C@@H](Nc1ccc(Br)cc1)C(=O)Nc1cccc2ncccc12. The Labute approximate surface area is 143 Å². The van der Waals surface area contributed by atoms with Crippen molar-refractivity contribution in [3.05, 3.63) is 65.3 Å². The molecule has 0 aliphatic carbocycles. The lowest BCUT2D eigenvalue weighted by Crippen LogP contribution is -2.31. The van der Waals surface area contributed by atoms with Crippen LogP contribution < -0.4 is 10.6 Å². The molecular formula is C18H16BrN3O. The minimum atomic E-state index is -0.358. The lowest BCUT2D eigenvalue weighted by molar-refractivity contribution is -0.116. The van der Waals surface area contributed by atoms with Gasteiger partial charge in [-0.15, -0.1) is 0 Å². The first-order valence-electron chi connectivity index (χ1n) is 7.30. The zero-order chi connectivity index (χ0) is 16.2. The quantitative estimate of drug-likeness (QED) is 0.714. The number of anilines is 2. The van der Waals surface area contributed by atoms with E-state index in [2.05, 4.69) is 31.5 Å². The lowest BCUT2D eigenvalue weighted by atomic mass is 10.1. The molecule has 2 N–H and O–H groups in total. The number of fused-ring (bicyclic) bond motifs is 1. The second kappa shape index (κ2) is 6.79. The summed E-state index contributed by atoms with van der Waals surface area (Å²) >= 11 is 3.39. The maximum atomic E-state index is 12.4. The highest BCUT2D eigenvalue weighted by Gasteiger charge is 2.14. The van der Waals surface area contributed by atoms with E-state index < -0.39 is 0 Å². The maximum Gasteiger partial charge on any atom is 0.246 e. The number of amides is 1. The fourth-order valence-corrected chi connectivity index (χ4v) is 2.58. The van der Waals surface area contributed by atoms with Crippen molar-refractivity contribution in [3.8, 4) is 0 Å². The molecule has 5 heteroatoms. The van der Waals surface area contributed by atoms with Gasteiger partial charge in [0, 0.05) is 21.7 Å². The summed E-state index contributed by atoms with van der Waals surface area (Å²) in [4.78, 5) is 16.7. The van der Waals surface area contributed by atoms with Crippen LogP contribution in [0.3, 0.4) is 0 Å². The number of carbonyl (C=O) groups is 1. The zero-order valence-corrected chi connectivity index (χ0v) is 14.2. The van der Waals surface area contributed by atoms with Crippen molar-refractivity contribution < 1.29 is 4.79 Å². The second-order valence-corrected chi connectivity index (χ2v) is 6.15. The maximum absolute atomic E-state index is 12.4. The average Bonchev–Trinajstić information content (AvgIpc) is 2.57. The standard InChI is InChI=1S/C18H16BrN3O/c1-12(21-14-9-7-13(19)8-10-14)18(23)22-17-6-2-5-16-15(17)4-3-11-20-16/h2-12,21H,1H3,(H,22,23)/t12-/m1/s1. The van der Waals surface area contributed by atoms with E-state index in [1.54, 1.807) is 6.20 Å². The van der Waals surface area contributed by atoms with Crippen molar-refractivity contribution in [2.45, 2.75) is 13.0 Å². The number of hydrogen-bond donors (Lipinski definition) is 2. The van der Waals surface area contributed by atoms with Crippen LogP contribution in [-0.4, -0.2) is 16.9 Å². The van der Waals surface area contributed by atoms with Gasteiger partial charge >= 0.3 is 0 Å². The van der Waals surface area contributed by atoms with E-state index in [0.29, 0.717) is 0 Å². The van der Waals surface area contributed by atoms with Crippen LogP contribution in [-0.2, 0) is 4.79 Å². The van der Waals surface area contributed by atoms with Crippen LogP contribution in [0.25, 0.3) is 10.9 Å². The molecule has 0 aliphatic rings. The number of benzene rings is 2. The molecule has 1 atom stereocenters. The molecule has 0 bridgehead atoms. The topological polar surface area (TPSA) is 54.0 Å². The highest BCUT2D eigenvalue weighted by Crippen LogP contribution is 2.22. The first-order valence-corrected chi connectivity index (χ1v) is 8.09. The van der Waals surface area contributed by atoms with Crippen LogP contribution in [0.15, 0.2) is 65.3 Å². The van der Waals surface area contributed by atoms with Gasteiger partial charge < -0.3 is 10.6 Å². The normalized spacial score (nSPS) is 11.9. The molecule has 2 aromatic carbocycles. The number of pyridine rings is 1. The number of nitrogens with one attached hydrogen (secondary N) is 2. The molecule has 1 aromatic heterocycles. The van der Waals surface area contributed by atoms with E-state index in [1.165, 1.54) is 0 Å². The lowest BCUT2D eigenvalue weighted by Gasteiger charge is -2.16. The van der Waals surface area contributed by atoms with E-state index in [4.69, 9.17) is 0 Å². The van der Waals surface area contributed by atoms with E-state index >= 15 is 0 Å². The molecule has 3 rings (SSSR count). The summed E-state index contributed by atoms with van der Waals surface area (Å²) in [6.45, 7) is 1.83. The highest BCUT2D eigenvalue weighted by molar-refractivity contribution is 9.10. The Morgan fingerprint density at radius 3 is 2.65 bits per heavy atom. The molecule has 23 heavy (non-hydrogen) atoms. The van der Waals surface area contributed by atoms with Gasteiger partial charge in [0.05, 0.1) is 11.2 Å². The molecule has 0 unspecified atom stereocenters. The van der Waals surface area contributed by atoms with Gasteiger partial charge in [0.2, 0.25) is 5.91 Å². The zero-order valence-electron chi connectivity index (χ0n) is 12.6. The fourth-order valence-electron chi connectivity index (χ4n) is 2.31. The summed E-state index contributed by atoms with van der Waals surface area (Å²) in [6.07, 6.45) is 1.74. The molecule has 4 nitrogen and oxygen atoms in total. The summed E-state index contributed by atoms with van der Waals surface area (Å²) < 4.78 is 1.00. The monoisotopic (exact) mass is 369 g/mol. The molecule has 0 radical (unpaired) electrons. The third-order valence-corrected chi connectivity index (χ3v) is 4.05. The summed E-state index contributed by atoms with van der Waals surface area (Å²) in [6, 6.07) is 16.9. The third kappa shape index (κ3) is 3.68. The van der Waals surface area contributed by atoms with Crippen LogP contribution in [0.5, 0.6) is 0 Å². The Kier molecular flexibility index (Phi) is 4.57. The van der Waals surface area contributed by atoms with Gasteiger partial charge in [0.1, 0.15) is 6.04 Å². The number of aromatic nitrogens is 1. The van der Waals surface area contributed by atoms with Crippen LogP contribution in [0.4, 0.5) is 11.4 Å². The molecule has 0 aliphatic heterocycles. The number of carbonyl (C=O) groups excluding carboxylic acids is 1. The molecule has 0 spiro atoms. The van der Waals surface area contributed by atoms with Crippen molar-refractivity contribution in [2.24, 2.45) is 0 Å². The summed E-state index contributed by atoms with van der Waals surface area (Å²) in [7, 11) is 0. The van der Waals surface area contributed by atoms with Crippen molar-refractivity contribution in [1.29, 1.82) is 0 Å². The largest absolute Gasteiger partial charge is 0.374 e. The van der Waals surface area contributed by atoms with Crippen LogP contribution in [0.1, 0.15) is 6.92 Å². The first-order chi connectivity index (χ1) is 11.1. The molecule has 1 heterocycles. The number of halogens is 1. The van der Waals surface area contributed by atoms with E-state index in [-0.39, 0.29) is 11.9 Å². The minimum Gasteiger partial charge on any atom is -0.374 e. The van der Waals surface area contributed by atoms with Gasteiger partial charge in [-0.1, -0.05) is 22.0 Å². The predicted octanol–water partition coefficient (Wildman–Crippen LogP) is 4.44.